The second-order valence-corrected chi connectivity index (χ2v) is 5.77. The van der Waals surface area contributed by atoms with Crippen LogP contribution in [0.5, 0.6) is 0 Å². The van der Waals surface area contributed by atoms with Gasteiger partial charge in [0.2, 0.25) is 0 Å². The summed E-state index contributed by atoms with van der Waals surface area (Å²) in [4.78, 5) is 22.3. The van der Waals surface area contributed by atoms with Crippen molar-refractivity contribution >= 4 is 34.1 Å². The molecule has 0 fully saturated rings. The van der Waals surface area contributed by atoms with Gasteiger partial charge in [-0.25, -0.2) is 0 Å². The first kappa shape index (κ1) is 15.6. The standard InChI is InChI=1S/C15H12INO4/c16-13(14(18)10-4-2-1-3-5-10)15(19)11-6-8-12(9-7-11)17(20)21/h1-9,13,15,19H/t13-,15+/m1/s1. The average molecular weight is 397 g/mol. The number of halogens is 1. The summed E-state index contributed by atoms with van der Waals surface area (Å²) in [7, 11) is 0. The van der Waals surface area contributed by atoms with Crippen LogP contribution in [-0.4, -0.2) is 19.7 Å². The van der Waals surface area contributed by atoms with E-state index in [1.54, 1.807) is 24.3 Å². The molecular weight excluding hydrogens is 385 g/mol. The Kier molecular flexibility index (Phi) is 5.03. The van der Waals surface area contributed by atoms with E-state index in [2.05, 4.69) is 0 Å². The number of benzene rings is 2. The minimum Gasteiger partial charge on any atom is -0.387 e. The molecule has 0 unspecified atom stereocenters. The Labute approximate surface area is 134 Å². The molecule has 1 N–H and O–H groups in total. The second kappa shape index (κ2) is 6.77. The van der Waals surface area contributed by atoms with Crippen molar-refractivity contribution in [1.29, 1.82) is 0 Å². The molecule has 0 spiro atoms. The number of Topliss-reactive ketones (excluding diaryl/α,β-unsaturated/α-hetero) is 1. The zero-order chi connectivity index (χ0) is 15.4. The van der Waals surface area contributed by atoms with Crippen LogP contribution in [0.15, 0.2) is 54.6 Å². The van der Waals surface area contributed by atoms with E-state index in [9.17, 15) is 20.0 Å². The van der Waals surface area contributed by atoms with Gasteiger partial charge < -0.3 is 5.11 Å². The number of rotatable bonds is 5. The molecule has 108 valence electrons. The molecule has 2 rings (SSSR count). The van der Waals surface area contributed by atoms with E-state index < -0.39 is 15.0 Å². The minimum atomic E-state index is -1.01. The van der Waals surface area contributed by atoms with Gasteiger partial charge >= 0.3 is 0 Å². The maximum atomic E-state index is 12.3. The van der Waals surface area contributed by atoms with E-state index in [1.165, 1.54) is 24.3 Å². The molecule has 0 saturated heterocycles. The maximum Gasteiger partial charge on any atom is 0.269 e. The number of aliphatic hydroxyl groups excluding tert-OH is 1. The molecule has 0 aromatic heterocycles. The molecule has 2 aromatic rings. The Balaban J connectivity index is 2.17. The summed E-state index contributed by atoms with van der Waals surface area (Å²) in [6.45, 7) is 0. The monoisotopic (exact) mass is 397 g/mol. The number of carbonyl (C=O) groups excluding carboxylic acids is 1. The van der Waals surface area contributed by atoms with Gasteiger partial charge in [-0.15, -0.1) is 0 Å². The summed E-state index contributed by atoms with van der Waals surface area (Å²) < 4.78 is -0.661. The van der Waals surface area contributed by atoms with Crippen molar-refractivity contribution in [2.45, 2.75) is 10.0 Å². The number of nitro groups is 1. The number of nitrogens with zero attached hydrogens (tertiary/aromatic N) is 1. The zero-order valence-corrected chi connectivity index (χ0v) is 13.0. The quantitative estimate of drug-likeness (QED) is 0.276. The normalized spacial score (nSPS) is 13.4. The predicted molar refractivity (Wildman–Crippen MR) is 86.6 cm³/mol. The van der Waals surface area contributed by atoms with E-state index in [1.807, 2.05) is 28.7 Å². The first-order valence-corrected chi connectivity index (χ1v) is 7.41. The van der Waals surface area contributed by atoms with Gasteiger partial charge in [-0.05, 0) is 17.7 Å². The van der Waals surface area contributed by atoms with Crippen LogP contribution in [-0.2, 0) is 0 Å². The highest BCUT2D eigenvalue weighted by molar-refractivity contribution is 14.1. The van der Waals surface area contributed by atoms with Crippen LogP contribution >= 0.6 is 22.6 Å². The van der Waals surface area contributed by atoms with Gasteiger partial charge in [-0.3, -0.25) is 14.9 Å². The van der Waals surface area contributed by atoms with Gasteiger partial charge in [0.15, 0.2) is 5.78 Å². The second-order valence-electron chi connectivity index (χ2n) is 4.43. The van der Waals surface area contributed by atoms with Gasteiger partial charge in [0.05, 0.1) is 11.0 Å². The largest absolute Gasteiger partial charge is 0.387 e. The van der Waals surface area contributed by atoms with Crippen LogP contribution in [0.1, 0.15) is 22.0 Å². The summed E-state index contributed by atoms with van der Waals surface area (Å²) in [6.07, 6.45) is -1.01. The molecule has 0 bridgehead atoms. The summed E-state index contributed by atoms with van der Waals surface area (Å²) >= 11 is 1.89. The number of aliphatic hydroxyl groups is 1. The molecule has 2 aromatic carbocycles. The van der Waals surface area contributed by atoms with Crippen molar-refractivity contribution in [3.8, 4) is 0 Å². The van der Waals surface area contributed by atoms with Crippen molar-refractivity contribution in [3.05, 3.63) is 75.8 Å². The first-order valence-electron chi connectivity index (χ1n) is 6.16. The fourth-order valence-corrected chi connectivity index (χ4v) is 2.64. The summed E-state index contributed by atoms with van der Waals surface area (Å²) in [5.41, 5.74) is 0.951. The molecular formula is C15H12INO4. The van der Waals surface area contributed by atoms with Gasteiger partial charge in [-0.1, -0.05) is 52.9 Å². The first-order chi connectivity index (χ1) is 10.0. The molecule has 5 nitrogen and oxygen atoms in total. The smallest absolute Gasteiger partial charge is 0.269 e. The van der Waals surface area contributed by atoms with Crippen molar-refractivity contribution < 1.29 is 14.8 Å². The third-order valence-electron chi connectivity index (χ3n) is 3.03. The third-order valence-corrected chi connectivity index (χ3v) is 4.28. The lowest BCUT2D eigenvalue weighted by atomic mass is 10.00. The molecule has 0 aliphatic rings. The molecule has 0 saturated carbocycles. The lowest BCUT2D eigenvalue weighted by Crippen LogP contribution is -2.22. The number of alkyl halides is 1. The highest BCUT2D eigenvalue weighted by Gasteiger charge is 2.26. The number of nitro benzene ring substituents is 1. The SMILES string of the molecule is O=C(c1ccccc1)[C@@H](I)[C@@H](O)c1ccc([N+](=O)[O-])cc1. The van der Waals surface area contributed by atoms with Crippen LogP contribution in [0.25, 0.3) is 0 Å². The number of non-ortho nitro benzene ring substituents is 1. The summed E-state index contributed by atoms with van der Waals surface area (Å²) in [5, 5.41) is 20.8. The topological polar surface area (TPSA) is 80.4 Å². The Bertz CT molecular complexity index is 642. The van der Waals surface area contributed by atoms with Crippen LogP contribution in [0.3, 0.4) is 0 Å². The lowest BCUT2D eigenvalue weighted by molar-refractivity contribution is -0.384. The van der Waals surface area contributed by atoms with Gasteiger partial charge in [0, 0.05) is 17.7 Å². The van der Waals surface area contributed by atoms with Crippen molar-refractivity contribution in [1.82, 2.24) is 0 Å². The Morgan fingerprint density at radius 2 is 1.67 bits per heavy atom. The average Bonchev–Trinajstić information content (AvgIpc) is 2.53. The van der Waals surface area contributed by atoms with Crippen molar-refractivity contribution in [2.24, 2.45) is 0 Å². The van der Waals surface area contributed by atoms with Crippen LogP contribution in [0.2, 0.25) is 0 Å². The molecule has 2 atom stereocenters. The van der Waals surface area contributed by atoms with Gasteiger partial charge in [-0.2, -0.15) is 0 Å². The molecule has 6 heteroatoms. The molecule has 0 aliphatic carbocycles. The maximum absolute atomic E-state index is 12.3. The number of ketones is 1. The Morgan fingerprint density at radius 1 is 1.10 bits per heavy atom. The number of hydrogen-bond donors (Lipinski definition) is 1. The van der Waals surface area contributed by atoms with Gasteiger partial charge in [0.25, 0.3) is 5.69 Å². The molecule has 0 radical (unpaired) electrons. The van der Waals surface area contributed by atoms with Crippen LogP contribution in [0, 0.1) is 10.1 Å². The van der Waals surface area contributed by atoms with Crippen molar-refractivity contribution in [3.63, 3.8) is 0 Å². The number of carbonyl (C=O) groups is 1. The Morgan fingerprint density at radius 3 is 2.19 bits per heavy atom. The van der Waals surface area contributed by atoms with E-state index >= 15 is 0 Å². The van der Waals surface area contributed by atoms with Crippen molar-refractivity contribution in [2.75, 3.05) is 0 Å². The van der Waals surface area contributed by atoms with E-state index in [4.69, 9.17) is 0 Å². The van der Waals surface area contributed by atoms with Gasteiger partial charge in [0.1, 0.15) is 3.92 Å². The summed E-state index contributed by atoms with van der Waals surface area (Å²) in [6, 6.07) is 14.3. The minimum absolute atomic E-state index is 0.0506. The molecule has 0 amide bonds. The predicted octanol–water partition coefficient (Wildman–Crippen LogP) is 3.31. The third kappa shape index (κ3) is 3.64. The van der Waals surface area contributed by atoms with Crippen LogP contribution < -0.4 is 0 Å². The Hall–Kier alpha value is -1.80. The zero-order valence-electron chi connectivity index (χ0n) is 10.8. The van der Waals surface area contributed by atoms with E-state index in [-0.39, 0.29) is 11.5 Å². The van der Waals surface area contributed by atoms with Crippen LogP contribution in [0.4, 0.5) is 5.69 Å². The fourth-order valence-electron chi connectivity index (χ4n) is 1.87. The molecule has 0 aliphatic heterocycles. The number of hydrogen-bond acceptors (Lipinski definition) is 4. The van der Waals surface area contributed by atoms with E-state index in [0.29, 0.717) is 11.1 Å². The fraction of sp³-hybridized carbons (Fsp3) is 0.133. The highest BCUT2D eigenvalue weighted by Crippen LogP contribution is 2.27. The molecule has 0 heterocycles. The summed E-state index contributed by atoms with van der Waals surface area (Å²) in [5.74, 6) is -0.179. The van der Waals surface area contributed by atoms with E-state index in [0.717, 1.165) is 0 Å². The molecule has 21 heavy (non-hydrogen) atoms. The highest BCUT2D eigenvalue weighted by atomic mass is 127. The lowest BCUT2D eigenvalue weighted by Gasteiger charge is -2.16.